The van der Waals surface area contributed by atoms with Crippen molar-refractivity contribution in [1.82, 2.24) is 0 Å². The molecule has 0 spiro atoms. The Balaban J connectivity index is 3.65. The maximum absolute atomic E-state index is 8.77. The van der Waals surface area contributed by atoms with Crippen molar-refractivity contribution < 1.29 is 14.6 Å². The first-order valence-electron chi connectivity index (χ1n) is 3.60. The van der Waals surface area contributed by atoms with Crippen molar-refractivity contribution >= 4 is 0 Å². The summed E-state index contributed by atoms with van der Waals surface area (Å²) in [4.78, 5) is 0. The molecule has 0 amide bonds. The molecule has 0 aliphatic heterocycles. The fraction of sp³-hybridized carbons (Fsp3) is 0.750. The van der Waals surface area contributed by atoms with E-state index < -0.39 is 0 Å². The molecule has 0 aliphatic carbocycles. The lowest BCUT2D eigenvalue weighted by Gasteiger charge is -2.18. The summed E-state index contributed by atoms with van der Waals surface area (Å²) in [6.45, 7) is 5.82. The van der Waals surface area contributed by atoms with Crippen LogP contribution < -0.4 is 0 Å². The van der Waals surface area contributed by atoms with Gasteiger partial charge in [0.2, 0.25) is 0 Å². The zero-order valence-electron chi connectivity index (χ0n) is 7.12. The van der Waals surface area contributed by atoms with E-state index in [0.717, 1.165) is 0 Å². The summed E-state index contributed by atoms with van der Waals surface area (Å²) in [5.74, 6) is 0.0719. The van der Waals surface area contributed by atoms with Crippen LogP contribution in [-0.4, -0.2) is 31.7 Å². The van der Waals surface area contributed by atoms with Gasteiger partial charge in [0, 0.05) is 19.6 Å². The molecule has 0 aromatic rings. The van der Waals surface area contributed by atoms with Crippen molar-refractivity contribution in [2.45, 2.75) is 13.0 Å². The van der Waals surface area contributed by atoms with Crippen molar-refractivity contribution in [3.8, 4) is 0 Å². The van der Waals surface area contributed by atoms with Gasteiger partial charge in [0.1, 0.15) is 6.79 Å². The fourth-order valence-corrected chi connectivity index (χ4v) is 0.715. The predicted molar refractivity (Wildman–Crippen MR) is 43.2 cm³/mol. The van der Waals surface area contributed by atoms with Crippen molar-refractivity contribution in [3.05, 3.63) is 12.7 Å². The highest BCUT2D eigenvalue weighted by atomic mass is 16.7. The zero-order chi connectivity index (χ0) is 8.69. The maximum Gasteiger partial charge on any atom is 0.147 e. The van der Waals surface area contributed by atoms with E-state index in [9.17, 15) is 0 Å². The SMILES string of the molecule is C=C[C@@H](OCOC)[C@@H](C)CO. The molecule has 2 atom stereocenters. The predicted octanol–water partition coefficient (Wildman–Crippen LogP) is 0.790. The zero-order valence-corrected chi connectivity index (χ0v) is 7.12. The standard InChI is InChI=1S/C8H16O3/c1-4-8(7(2)5-9)11-6-10-3/h4,7-9H,1,5-6H2,2-3H3/t7-,8+/m0/s1. The van der Waals surface area contributed by atoms with E-state index in [1.165, 1.54) is 0 Å². The molecule has 1 N–H and O–H groups in total. The second-order valence-electron chi connectivity index (χ2n) is 2.43. The van der Waals surface area contributed by atoms with Gasteiger partial charge in [0.25, 0.3) is 0 Å². The Labute approximate surface area is 67.6 Å². The molecule has 0 heterocycles. The van der Waals surface area contributed by atoms with E-state index >= 15 is 0 Å². The average molecular weight is 160 g/mol. The van der Waals surface area contributed by atoms with Gasteiger partial charge >= 0.3 is 0 Å². The van der Waals surface area contributed by atoms with E-state index in [-0.39, 0.29) is 25.4 Å². The number of rotatable bonds is 6. The third-order valence-corrected chi connectivity index (χ3v) is 1.46. The Bertz CT molecular complexity index is 104. The van der Waals surface area contributed by atoms with Crippen molar-refractivity contribution in [1.29, 1.82) is 0 Å². The summed E-state index contributed by atoms with van der Waals surface area (Å²) >= 11 is 0. The van der Waals surface area contributed by atoms with Crippen molar-refractivity contribution in [2.75, 3.05) is 20.5 Å². The van der Waals surface area contributed by atoms with Crippen LogP contribution in [0.3, 0.4) is 0 Å². The third kappa shape index (κ3) is 4.14. The molecule has 0 aromatic carbocycles. The van der Waals surface area contributed by atoms with Crippen LogP contribution in [0.2, 0.25) is 0 Å². The maximum atomic E-state index is 8.77. The van der Waals surface area contributed by atoms with Crippen LogP contribution >= 0.6 is 0 Å². The summed E-state index contributed by atoms with van der Waals surface area (Å²) < 4.78 is 9.91. The summed E-state index contributed by atoms with van der Waals surface area (Å²) in [7, 11) is 1.56. The van der Waals surface area contributed by atoms with Crippen LogP contribution in [0.4, 0.5) is 0 Å². The van der Waals surface area contributed by atoms with Crippen molar-refractivity contribution in [2.24, 2.45) is 5.92 Å². The molecule has 66 valence electrons. The Hall–Kier alpha value is -0.380. The minimum absolute atomic E-state index is 0.0719. The van der Waals surface area contributed by atoms with Gasteiger partial charge in [-0.15, -0.1) is 6.58 Å². The number of aliphatic hydroxyl groups excluding tert-OH is 1. The number of hydrogen-bond acceptors (Lipinski definition) is 3. The van der Waals surface area contributed by atoms with Crippen LogP contribution in [0.15, 0.2) is 12.7 Å². The van der Waals surface area contributed by atoms with Crippen molar-refractivity contribution in [3.63, 3.8) is 0 Å². The van der Waals surface area contributed by atoms with Gasteiger partial charge in [-0.25, -0.2) is 0 Å². The summed E-state index contributed by atoms with van der Waals surface area (Å²) in [5, 5.41) is 8.77. The summed E-state index contributed by atoms with van der Waals surface area (Å²) in [5.41, 5.74) is 0. The number of hydrogen-bond donors (Lipinski definition) is 1. The molecule has 11 heavy (non-hydrogen) atoms. The normalized spacial score (nSPS) is 15.9. The average Bonchev–Trinajstić information content (AvgIpc) is 2.05. The Morgan fingerprint density at radius 3 is 2.64 bits per heavy atom. The van der Waals surface area contributed by atoms with Gasteiger partial charge < -0.3 is 14.6 Å². The first-order chi connectivity index (χ1) is 5.26. The largest absolute Gasteiger partial charge is 0.396 e. The molecule has 3 nitrogen and oxygen atoms in total. The lowest BCUT2D eigenvalue weighted by molar-refractivity contribution is -0.0763. The Morgan fingerprint density at radius 1 is 1.64 bits per heavy atom. The third-order valence-electron chi connectivity index (χ3n) is 1.46. The van der Waals surface area contributed by atoms with Gasteiger partial charge in [-0.1, -0.05) is 13.0 Å². The highest BCUT2D eigenvalue weighted by Crippen LogP contribution is 2.07. The second-order valence-corrected chi connectivity index (χ2v) is 2.43. The van der Waals surface area contributed by atoms with Gasteiger partial charge in [0.05, 0.1) is 6.10 Å². The van der Waals surface area contributed by atoms with Crippen LogP contribution in [-0.2, 0) is 9.47 Å². The van der Waals surface area contributed by atoms with E-state index in [1.54, 1.807) is 13.2 Å². The smallest absolute Gasteiger partial charge is 0.147 e. The highest BCUT2D eigenvalue weighted by Gasteiger charge is 2.12. The summed E-state index contributed by atoms with van der Waals surface area (Å²) in [6, 6.07) is 0. The van der Waals surface area contributed by atoms with E-state index in [4.69, 9.17) is 14.6 Å². The molecule has 0 aromatic heterocycles. The molecule has 0 fully saturated rings. The first kappa shape index (κ1) is 10.6. The second kappa shape index (κ2) is 6.34. The minimum Gasteiger partial charge on any atom is -0.396 e. The fourth-order valence-electron chi connectivity index (χ4n) is 0.715. The lowest BCUT2D eigenvalue weighted by atomic mass is 10.1. The first-order valence-corrected chi connectivity index (χ1v) is 3.60. The van der Waals surface area contributed by atoms with Gasteiger partial charge in [-0.05, 0) is 0 Å². The van der Waals surface area contributed by atoms with Gasteiger partial charge in [-0.3, -0.25) is 0 Å². The molecular weight excluding hydrogens is 144 g/mol. The number of ether oxygens (including phenoxy) is 2. The quantitative estimate of drug-likeness (QED) is 0.461. The number of aliphatic hydroxyl groups is 1. The van der Waals surface area contributed by atoms with E-state index in [2.05, 4.69) is 6.58 Å². The molecule has 0 aliphatic rings. The molecular formula is C8H16O3. The van der Waals surface area contributed by atoms with E-state index in [0.29, 0.717) is 0 Å². The molecule has 0 unspecified atom stereocenters. The van der Waals surface area contributed by atoms with Gasteiger partial charge in [-0.2, -0.15) is 0 Å². The van der Waals surface area contributed by atoms with Crippen LogP contribution in [0.25, 0.3) is 0 Å². The Kier molecular flexibility index (Phi) is 6.12. The van der Waals surface area contributed by atoms with Crippen LogP contribution in [0.1, 0.15) is 6.92 Å². The molecule has 0 bridgehead atoms. The lowest BCUT2D eigenvalue weighted by Crippen LogP contribution is -2.23. The van der Waals surface area contributed by atoms with Crippen LogP contribution in [0, 0.1) is 5.92 Å². The summed E-state index contributed by atoms with van der Waals surface area (Å²) in [6.07, 6.45) is 1.54. The Morgan fingerprint density at radius 2 is 2.27 bits per heavy atom. The molecule has 0 radical (unpaired) electrons. The molecule has 0 saturated heterocycles. The topological polar surface area (TPSA) is 38.7 Å². The highest BCUT2D eigenvalue weighted by molar-refractivity contribution is 4.83. The van der Waals surface area contributed by atoms with Gasteiger partial charge in [0.15, 0.2) is 0 Å². The molecule has 0 rings (SSSR count). The monoisotopic (exact) mass is 160 g/mol. The molecule has 3 heteroatoms. The van der Waals surface area contributed by atoms with Crippen LogP contribution in [0.5, 0.6) is 0 Å². The number of methoxy groups -OCH3 is 1. The molecule has 0 saturated carbocycles. The van der Waals surface area contributed by atoms with E-state index in [1.807, 2.05) is 6.92 Å². The minimum atomic E-state index is -0.125.